The van der Waals surface area contributed by atoms with Crippen molar-refractivity contribution < 1.29 is 19.7 Å². The van der Waals surface area contributed by atoms with Crippen LogP contribution in [-0.4, -0.2) is 43.2 Å². The van der Waals surface area contributed by atoms with Crippen LogP contribution in [0.2, 0.25) is 0 Å². The molecule has 5 nitrogen and oxygen atoms in total. The molecule has 2 unspecified atom stereocenters. The Morgan fingerprint density at radius 1 is 1.30 bits per heavy atom. The molecule has 2 atom stereocenters. The minimum Gasteiger partial charge on any atom is -0.493 e. The van der Waals surface area contributed by atoms with Gasteiger partial charge in [0, 0.05) is 6.04 Å². The lowest BCUT2D eigenvalue weighted by atomic mass is 10.1. The summed E-state index contributed by atoms with van der Waals surface area (Å²) in [6.07, 6.45) is 0.200. The highest BCUT2D eigenvalue weighted by molar-refractivity contribution is 5.43. The Hall–Kier alpha value is -1.30. The molecule has 3 N–H and O–H groups in total. The maximum absolute atomic E-state index is 9.30. The first-order chi connectivity index (χ1) is 9.62. The van der Waals surface area contributed by atoms with E-state index in [-0.39, 0.29) is 19.3 Å². The lowest BCUT2D eigenvalue weighted by molar-refractivity contribution is 0.0527. The first-order valence-corrected chi connectivity index (χ1v) is 6.95. The molecule has 0 fully saturated rings. The van der Waals surface area contributed by atoms with Crippen LogP contribution >= 0.6 is 0 Å². The van der Waals surface area contributed by atoms with E-state index in [1.165, 1.54) is 0 Å². The third-order valence-electron chi connectivity index (χ3n) is 3.03. The fourth-order valence-electron chi connectivity index (χ4n) is 1.79. The average molecular weight is 283 g/mol. The van der Waals surface area contributed by atoms with E-state index in [1.807, 2.05) is 18.2 Å². The second-order valence-corrected chi connectivity index (χ2v) is 4.73. The van der Waals surface area contributed by atoms with E-state index < -0.39 is 6.10 Å². The van der Waals surface area contributed by atoms with Gasteiger partial charge in [-0.2, -0.15) is 0 Å². The van der Waals surface area contributed by atoms with Crippen molar-refractivity contribution in [2.75, 3.05) is 26.9 Å². The highest BCUT2D eigenvalue weighted by atomic mass is 16.5. The molecule has 0 saturated heterocycles. The molecule has 5 heteroatoms. The van der Waals surface area contributed by atoms with Gasteiger partial charge in [0.1, 0.15) is 12.7 Å². The maximum Gasteiger partial charge on any atom is 0.161 e. The first-order valence-electron chi connectivity index (χ1n) is 6.95. The van der Waals surface area contributed by atoms with Crippen LogP contribution in [0.1, 0.15) is 31.9 Å². The fraction of sp³-hybridized carbons (Fsp3) is 0.600. The molecule has 0 spiro atoms. The smallest absolute Gasteiger partial charge is 0.161 e. The van der Waals surface area contributed by atoms with E-state index in [1.54, 1.807) is 7.11 Å². The van der Waals surface area contributed by atoms with Crippen molar-refractivity contribution in [3.05, 3.63) is 23.8 Å². The lowest BCUT2D eigenvalue weighted by Crippen LogP contribution is -2.21. The van der Waals surface area contributed by atoms with Gasteiger partial charge in [0.05, 0.1) is 13.7 Å². The van der Waals surface area contributed by atoms with Crippen molar-refractivity contribution in [3.63, 3.8) is 0 Å². The normalized spacial score (nSPS) is 13.8. The zero-order valence-corrected chi connectivity index (χ0v) is 12.4. The zero-order chi connectivity index (χ0) is 15.0. The summed E-state index contributed by atoms with van der Waals surface area (Å²) in [6.45, 7) is 4.91. The summed E-state index contributed by atoms with van der Waals surface area (Å²) in [4.78, 5) is 0. The van der Waals surface area contributed by atoms with E-state index in [0.29, 0.717) is 11.5 Å². The Morgan fingerprint density at radius 3 is 2.65 bits per heavy atom. The van der Waals surface area contributed by atoms with Crippen molar-refractivity contribution in [2.24, 2.45) is 0 Å². The Kier molecular flexibility index (Phi) is 7.36. The van der Waals surface area contributed by atoms with Crippen LogP contribution in [-0.2, 0) is 0 Å². The van der Waals surface area contributed by atoms with Crippen molar-refractivity contribution in [2.45, 2.75) is 32.4 Å². The van der Waals surface area contributed by atoms with Gasteiger partial charge in [-0.3, -0.25) is 0 Å². The largest absolute Gasteiger partial charge is 0.493 e. The lowest BCUT2D eigenvalue weighted by Gasteiger charge is -2.17. The highest BCUT2D eigenvalue weighted by Gasteiger charge is 2.11. The van der Waals surface area contributed by atoms with Crippen LogP contribution in [0.5, 0.6) is 11.5 Å². The molecule has 20 heavy (non-hydrogen) atoms. The van der Waals surface area contributed by atoms with E-state index >= 15 is 0 Å². The topological polar surface area (TPSA) is 71.0 Å². The average Bonchev–Trinajstić information content (AvgIpc) is 2.49. The molecule has 0 aliphatic rings. The maximum atomic E-state index is 9.30. The molecule has 0 saturated carbocycles. The van der Waals surface area contributed by atoms with Gasteiger partial charge in [-0.25, -0.2) is 0 Å². The number of rotatable bonds is 9. The predicted octanol–water partition coefficient (Wildman–Crippen LogP) is 1.49. The van der Waals surface area contributed by atoms with Gasteiger partial charge in [0.2, 0.25) is 0 Å². The van der Waals surface area contributed by atoms with E-state index in [2.05, 4.69) is 19.2 Å². The first kappa shape index (κ1) is 16.8. The summed E-state index contributed by atoms with van der Waals surface area (Å²) in [5, 5.41) is 21.5. The number of aliphatic hydroxyl groups excluding tert-OH is 2. The summed E-state index contributed by atoms with van der Waals surface area (Å²) in [5.41, 5.74) is 1.12. The summed E-state index contributed by atoms with van der Waals surface area (Å²) in [5.74, 6) is 1.18. The van der Waals surface area contributed by atoms with Crippen molar-refractivity contribution in [1.29, 1.82) is 0 Å². The van der Waals surface area contributed by atoms with Gasteiger partial charge >= 0.3 is 0 Å². The van der Waals surface area contributed by atoms with Crippen LogP contribution < -0.4 is 14.8 Å². The van der Waals surface area contributed by atoms with Crippen molar-refractivity contribution in [1.82, 2.24) is 5.32 Å². The van der Waals surface area contributed by atoms with Gasteiger partial charge < -0.3 is 25.0 Å². The molecule has 1 aromatic carbocycles. The van der Waals surface area contributed by atoms with Gasteiger partial charge in [-0.05, 0) is 37.6 Å². The fourth-order valence-corrected chi connectivity index (χ4v) is 1.79. The third-order valence-corrected chi connectivity index (χ3v) is 3.03. The van der Waals surface area contributed by atoms with E-state index in [4.69, 9.17) is 14.6 Å². The molecular formula is C15H25NO4. The van der Waals surface area contributed by atoms with E-state index in [0.717, 1.165) is 18.5 Å². The van der Waals surface area contributed by atoms with Crippen LogP contribution in [0.4, 0.5) is 0 Å². The molecule has 114 valence electrons. The summed E-state index contributed by atoms with van der Waals surface area (Å²) in [6, 6.07) is 5.95. The van der Waals surface area contributed by atoms with Crippen molar-refractivity contribution in [3.8, 4) is 11.5 Å². The molecule has 0 aromatic heterocycles. The Morgan fingerprint density at radius 2 is 2.05 bits per heavy atom. The van der Waals surface area contributed by atoms with Gasteiger partial charge in [-0.15, -0.1) is 0 Å². The van der Waals surface area contributed by atoms with E-state index in [9.17, 15) is 5.11 Å². The Balaban J connectivity index is 2.74. The SMILES string of the molecule is CCCNC(C)c1ccc(OCC(O)CO)c(OC)c1. The molecular weight excluding hydrogens is 258 g/mol. The standard InChI is InChI=1S/C15H25NO4/c1-4-7-16-11(2)12-5-6-14(15(8-12)19-3)20-10-13(18)9-17/h5-6,8,11,13,16-18H,4,7,9-10H2,1-3H3. The summed E-state index contributed by atoms with van der Waals surface area (Å²) >= 11 is 0. The molecule has 0 bridgehead atoms. The molecule has 1 rings (SSSR count). The molecule has 1 aromatic rings. The minimum absolute atomic E-state index is 0.0375. The number of aliphatic hydroxyl groups is 2. The molecule has 0 aliphatic carbocycles. The monoisotopic (exact) mass is 283 g/mol. The summed E-state index contributed by atoms with van der Waals surface area (Å²) in [7, 11) is 1.58. The second-order valence-electron chi connectivity index (χ2n) is 4.73. The van der Waals surface area contributed by atoms with Gasteiger partial charge in [0.25, 0.3) is 0 Å². The van der Waals surface area contributed by atoms with Crippen LogP contribution in [0.25, 0.3) is 0 Å². The molecule has 0 radical (unpaired) electrons. The second kappa shape index (κ2) is 8.79. The zero-order valence-electron chi connectivity index (χ0n) is 12.4. The predicted molar refractivity (Wildman–Crippen MR) is 78.3 cm³/mol. The number of hydrogen-bond donors (Lipinski definition) is 3. The number of ether oxygens (including phenoxy) is 2. The third kappa shape index (κ3) is 5.00. The summed E-state index contributed by atoms with van der Waals surface area (Å²) < 4.78 is 10.8. The number of nitrogens with one attached hydrogen (secondary N) is 1. The van der Waals surface area contributed by atoms with Gasteiger partial charge in [0.15, 0.2) is 11.5 Å². The van der Waals surface area contributed by atoms with Crippen molar-refractivity contribution >= 4 is 0 Å². The quantitative estimate of drug-likeness (QED) is 0.640. The molecule has 0 heterocycles. The van der Waals surface area contributed by atoms with Crippen LogP contribution in [0.15, 0.2) is 18.2 Å². The molecule has 0 amide bonds. The highest BCUT2D eigenvalue weighted by Crippen LogP contribution is 2.30. The molecule has 0 aliphatic heterocycles. The van der Waals surface area contributed by atoms with Crippen LogP contribution in [0.3, 0.4) is 0 Å². The Labute approximate surface area is 120 Å². The number of hydrogen-bond acceptors (Lipinski definition) is 5. The van der Waals surface area contributed by atoms with Gasteiger partial charge in [-0.1, -0.05) is 13.0 Å². The van der Waals surface area contributed by atoms with Crippen LogP contribution in [0, 0.1) is 0 Å². The minimum atomic E-state index is -0.885. The number of benzene rings is 1. The Bertz CT molecular complexity index is 397. The number of methoxy groups -OCH3 is 1.